The van der Waals surface area contributed by atoms with E-state index in [2.05, 4.69) is 10.1 Å². The van der Waals surface area contributed by atoms with Gasteiger partial charge >= 0.3 is 5.97 Å². The van der Waals surface area contributed by atoms with E-state index in [-0.39, 0.29) is 18.4 Å². The number of hydrogen-bond acceptors (Lipinski definition) is 8. The van der Waals surface area contributed by atoms with Crippen molar-refractivity contribution < 1.29 is 28.7 Å². The van der Waals surface area contributed by atoms with Crippen LogP contribution in [-0.2, 0) is 9.53 Å². The zero-order chi connectivity index (χ0) is 20.6. The van der Waals surface area contributed by atoms with Crippen molar-refractivity contribution in [1.82, 2.24) is 0 Å². The SMILES string of the molecule is COC(=O)CCCCCOc1ccc([N+](=O)[O-])c(Nc2ccc3c(c2)OCO3)c1. The fraction of sp³-hybridized carbons (Fsp3) is 0.350. The second-order valence-corrected chi connectivity index (χ2v) is 6.36. The molecule has 0 saturated carbocycles. The van der Waals surface area contributed by atoms with Crippen LogP contribution in [0.15, 0.2) is 36.4 Å². The van der Waals surface area contributed by atoms with Crippen molar-refractivity contribution in [3.8, 4) is 17.2 Å². The first-order chi connectivity index (χ1) is 14.1. The molecule has 154 valence electrons. The van der Waals surface area contributed by atoms with Crippen molar-refractivity contribution in [2.75, 3.05) is 25.8 Å². The van der Waals surface area contributed by atoms with Gasteiger partial charge in [-0.05, 0) is 37.5 Å². The standard InChI is InChI=1S/C20H22N2O7/c1-26-20(23)5-3-2-4-10-27-15-7-8-17(22(24)25)16(12-15)21-14-6-9-18-19(11-14)29-13-28-18/h6-9,11-12,21H,2-5,10,13H2,1H3. The van der Waals surface area contributed by atoms with Crippen LogP contribution in [0.1, 0.15) is 25.7 Å². The van der Waals surface area contributed by atoms with E-state index in [4.69, 9.17) is 14.2 Å². The number of carbonyl (C=O) groups is 1. The molecule has 1 heterocycles. The highest BCUT2D eigenvalue weighted by atomic mass is 16.7. The maximum absolute atomic E-state index is 11.4. The van der Waals surface area contributed by atoms with E-state index in [1.165, 1.54) is 13.2 Å². The number of unbranched alkanes of at least 4 members (excludes halogenated alkanes) is 2. The largest absolute Gasteiger partial charge is 0.494 e. The van der Waals surface area contributed by atoms with E-state index in [0.29, 0.717) is 41.7 Å². The zero-order valence-electron chi connectivity index (χ0n) is 16.0. The van der Waals surface area contributed by atoms with Crippen LogP contribution in [-0.4, -0.2) is 31.4 Å². The molecule has 0 radical (unpaired) electrons. The molecule has 0 spiro atoms. The maximum atomic E-state index is 11.4. The summed E-state index contributed by atoms with van der Waals surface area (Å²) in [6.07, 6.45) is 2.70. The van der Waals surface area contributed by atoms with Gasteiger partial charge in [0.15, 0.2) is 11.5 Å². The van der Waals surface area contributed by atoms with Gasteiger partial charge < -0.3 is 24.3 Å². The van der Waals surface area contributed by atoms with Crippen LogP contribution in [0.25, 0.3) is 0 Å². The molecule has 0 aromatic heterocycles. The van der Waals surface area contributed by atoms with Gasteiger partial charge in [-0.15, -0.1) is 0 Å². The molecule has 0 amide bonds. The van der Waals surface area contributed by atoms with Gasteiger partial charge in [-0.25, -0.2) is 0 Å². The van der Waals surface area contributed by atoms with Crippen LogP contribution in [0.2, 0.25) is 0 Å². The first-order valence-electron chi connectivity index (χ1n) is 9.21. The van der Waals surface area contributed by atoms with E-state index in [1.807, 2.05) is 0 Å². The number of anilines is 2. The Bertz CT molecular complexity index is 885. The van der Waals surface area contributed by atoms with Gasteiger partial charge in [0.2, 0.25) is 6.79 Å². The third kappa shape index (κ3) is 5.50. The van der Waals surface area contributed by atoms with Gasteiger partial charge in [0, 0.05) is 30.3 Å². The molecule has 0 bridgehead atoms. The lowest BCUT2D eigenvalue weighted by molar-refractivity contribution is -0.383. The minimum absolute atomic E-state index is 0.0619. The van der Waals surface area contributed by atoms with Gasteiger partial charge in [0.1, 0.15) is 11.4 Å². The first-order valence-corrected chi connectivity index (χ1v) is 9.21. The molecular weight excluding hydrogens is 380 g/mol. The summed E-state index contributed by atoms with van der Waals surface area (Å²) in [4.78, 5) is 22.0. The number of benzene rings is 2. The van der Waals surface area contributed by atoms with Crippen molar-refractivity contribution >= 4 is 23.0 Å². The number of nitrogens with zero attached hydrogens (tertiary/aromatic N) is 1. The van der Waals surface area contributed by atoms with E-state index in [0.717, 1.165) is 19.3 Å². The Balaban J connectivity index is 1.60. The van der Waals surface area contributed by atoms with Crippen molar-refractivity contribution in [2.45, 2.75) is 25.7 Å². The number of rotatable bonds is 10. The summed E-state index contributed by atoms with van der Waals surface area (Å²) < 4.78 is 20.9. The molecule has 29 heavy (non-hydrogen) atoms. The molecule has 2 aromatic carbocycles. The number of esters is 1. The Kier molecular flexibility index (Phi) is 6.72. The van der Waals surface area contributed by atoms with E-state index < -0.39 is 4.92 Å². The van der Waals surface area contributed by atoms with Crippen LogP contribution >= 0.6 is 0 Å². The topological polar surface area (TPSA) is 109 Å². The summed E-state index contributed by atoms with van der Waals surface area (Å²) in [5, 5.41) is 14.4. The molecule has 9 heteroatoms. The highest BCUT2D eigenvalue weighted by Crippen LogP contribution is 2.37. The smallest absolute Gasteiger partial charge is 0.305 e. The molecule has 0 unspecified atom stereocenters. The summed E-state index contributed by atoms with van der Waals surface area (Å²) in [5.74, 6) is 1.51. The van der Waals surface area contributed by atoms with Crippen LogP contribution in [0, 0.1) is 10.1 Å². The maximum Gasteiger partial charge on any atom is 0.305 e. The lowest BCUT2D eigenvalue weighted by atomic mass is 10.2. The Morgan fingerprint density at radius 3 is 2.76 bits per heavy atom. The normalized spacial score (nSPS) is 11.8. The molecule has 0 fully saturated rings. The third-order valence-corrected chi connectivity index (χ3v) is 4.34. The number of fused-ring (bicyclic) bond motifs is 1. The van der Waals surface area contributed by atoms with Crippen molar-refractivity contribution in [3.63, 3.8) is 0 Å². The number of nitro groups is 1. The quantitative estimate of drug-likeness (QED) is 0.273. The molecule has 2 aromatic rings. The molecule has 0 aliphatic carbocycles. The Morgan fingerprint density at radius 2 is 1.97 bits per heavy atom. The Hall–Kier alpha value is -3.49. The number of nitrogens with one attached hydrogen (secondary N) is 1. The average Bonchev–Trinajstić information content (AvgIpc) is 3.18. The fourth-order valence-corrected chi connectivity index (χ4v) is 2.83. The summed E-state index contributed by atoms with van der Waals surface area (Å²) in [6.45, 7) is 0.602. The number of hydrogen-bond donors (Lipinski definition) is 1. The van der Waals surface area contributed by atoms with Crippen LogP contribution < -0.4 is 19.5 Å². The highest BCUT2D eigenvalue weighted by Gasteiger charge is 2.17. The number of carbonyl (C=O) groups excluding carboxylic acids is 1. The predicted octanol–water partition coefficient (Wildman–Crippen LogP) is 4.18. The lowest BCUT2D eigenvalue weighted by Gasteiger charge is -2.11. The van der Waals surface area contributed by atoms with Crippen LogP contribution in [0.5, 0.6) is 17.2 Å². The van der Waals surface area contributed by atoms with Gasteiger partial charge in [-0.2, -0.15) is 0 Å². The average molecular weight is 402 g/mol. The predicted molar refractivity (Wildman–Crippen MR) is 105 cm³/mol. The van der Waals surface area contributed by atoms with Gasteiger partial charge in [0.05, 0.1) is 18.6 Å². The highest BCUT2D eigenvalue weighted by molar-refractivity contribution is 5.72. The van der Waals surface area contributed by atoms with Gasteiger partial charge in [0.25, 0.3) is 5.69 Å². The third-order valence-electron chi connectivity index (χ3n) is 4.34. The van der Waals surface area contributed by atoms with Crippen molar-refractivity contribution in [3.05, 3.63) is 46.5 Å². The molecule has 0 saturated heterocycles. The second-order valence-electron chi connectivity index (χ2n) is 6.36. The van der Waals surface area contributed by atoms with Gasteiger partial charge in [-0.3, -0.25) is 14.9 Å². The lowest BCUT2D eigenvalue weighted by Crippen LogP contribution is -2.02. The number of nitro benzene ring substituents is 1. The van der Waals surface area contributed by atoms with Crippen LogP contribution in [0.4, 0.5) is 17.1 Å². The molecule has 9 nitrogen and oxygen atoms in total. The number of methoxy groups -OCH3 is 1. The molecule has 0 atom stereocenters. The molecule has 1 aliphatic heterocycles. The van der Waals surface area contributed by atoms with Crippen molar-refractivity contribution in [1.29, 1.82) is 0 Å². The molecule has 3 rings (SSSR count). The summed E-state index contributed by atoms with van der Waals surface area (Å²) in [6, 6.07) is 9.79. The van der Waals surface area contributed by atoms with E-state index >= 15 is 0 Å². The van der Waals surface area contributed by atoms with Crippen molar-refractivity contribution in [2.24, 2.45) is 0 Å². The molecule has 1 N–H and O–H groups in total. The Labute approximate surface area is 167 Å². The minimum atomic E-state index is -0.452. The first kappa shape index (κ1) is 20.2. The van der Waals surface area contributed by atoms with Crippen LogP contribution in [0.3, 0.4) is 0 Å². The molecular formula is C20H22N2O7. The summed E-state index contributed by atoms with van der Waals surface area (Å²) in [7, 11) is 1.37. The summed E-state index contributed by atoms with van der Waals surface area (Å²) >= 11 is 0. The minimum Gasteiger partial charge on any atom is -0.494 e. The van der Waals surface area contributed by atoms with E-state index in [1.54, 1.807) is 30.3 Å². The zero-order valence-corrected chi connectivity index (χ0v) is 16.0. The Morgan fingerprint density at radius 1 is 1.14 bits per heavy atom. The monoisotopic (exact) mass is 402 g/mol. The fourth-order valence-electron chi connectivity index (χ4n) is 2.83. The molecule has 1 aliphatic rings. The second kappa shape index (κ2) is 9.63. The van der Waals surface area contributed by atoms with E-state index in [9.17, 15) is 14.9 Å². The number of ether oxygens (including phenoxy) is 4. The summed E-state index contributed by atoms with van der Waals surface area (Å²) in [5.41, 5.74) is 0.891. The van der Waals surface area contributed by atoms with Gasteiger partial charge in [-0.1, -0.05) is 0 Å².